The molecule has 0 aliphatic heterocycles. The summed E-state index contributed by atoms with van der Waals surface area (Å²) in [4.78, 5) is 9.71. The van der Waals surface area contributed by atoms with E-state index < -0.39 is 0 Å². The molecule has 18 heavy (non-hydrogen) atoms. The highest BCUT2D eigenvalue weighted by Gasteiger charge is 2.13. The smallest absolute Gasteiger partial charge is 0.0794 e. The predicted molar refractivity (Wildman–Crippen MR) is 74.8 cm³/mol. The maximum Gasteiger partial charge on any atom is 0.0794 e. The van der Waals surface area contributed by atoms with Crippen molar-refractivity contribution in [3.8, 4) is 0 Å². The van der Waals surface area contributed by atoms with Gasteiger partial charge in [-0.3, -0.25) is 9.97 Å². The molecule has 0 saturated carbocycles. The summed E-state index contributed by atoms with van der Waals surface area (Å²) in [6, 6.07) is 10.6. The number of benzene rings is 1. The topological polar surface area (TPSA) is 37.8 Å². The molecule has 1 atom stereocenters. The van der Waals surface area contributed by atoms with Crippen molar-refractivity contribution in [1.29, 1.82) is 0 Å². The van der Waals surface area contributed by atoms with Crippen LogP contribution in [0.25, 0.3) is 10.9 Å². The molecule has 2 aromatic heterocycles. The van der Waals surface area contributed by atoms with Crippen LogP contribution in [0.3, 0.4) is 0 Å². The third-order valence-corrected chi connectivity index (χ3v) is 3.83. The molecule has 90 valence electrons. The van der Waals surface area contributed by atoms with Gasteiger partial charge in [-0.05, 0) is 30.8 Å². The van der Waals surface area contributed by atoms with E-state index in [-0.39, 0.29) is 6.04 Å². The Bertz CT molecular complexity index is 649. The van der Waals surface area contributed by atoms with Gasteiger partial charge in [-0.2, -0.15) is 0 Å². The molecule has 1 N–H and O–H groups in total. The fraction of sp³-hybridized carbons (Fsp3) is 0.143. The summed E-state index contributed by atoms with van der Waals surface area (Å²) < 4.78 is 0. The Morgan fingerprint density at radius 1 is 1.28 bits per heavy atom. The van der Waals surface area contributed by atoms with E-state index in [2.05, 4.69) is 39.6 Å². The average Bonchev–Trinajstić information content (AvgIpc) is 2.93. The lowest BCUT2D eigenvalue weighted by atomic mass is 10.0. The maximum absolute atomic E-state index is 4.34. The monoisotopic (exact) mass is 255 g/mol. The van der Waals surface area contributed by atoms with Crippen LogP contribution >= 0.6 is 11.3 Å². The Hall–Kier alpha value is -1.78. The number of aromatic nitrogens is 2. The van der Waals surface area contributed by atoms with Crippen LogP contribution in [0.2, 0.25) is 0 Å². The van der Waals surface area contributed by atoms with Gasteiger partial charge in [0.1, 0.15) is 0 Å². The summed E-state index contributed by atoms with van der Waals surface area (Å²) in [5.74, 6) is 0. The van der Waals surface area contributed by atoms with Crippen LogP contribution < -0.4 is 5.32 Å². The van der Waals surface area contributed by atoms with E-state index in [9.17, 15) is 0 Å². The van der Waals surface area contributed by atoms with E-state index in [1.165, 1.54) is 15.8 Å². The van der Waals surface area contributed by atoms with Crippen LogP contribution in [0.15, 0.2) is 48.2 Å². The number of nitrogens with one attached hydrogen (secondary N) is 1. The first-order valence-electron chi connectivity index (χ1n) is 5.79. The fourth-order valence-electron chi connectivity index (χ4n) is 2.12. The van der Waals surface area contributed by atoms with Crippen molar-refractivity contribution in [2.24, 2.45) is 0 Å². The molecule has 0 saturated heterocycles. The summed E-state index contributed by atoms with van der Waals surface area (Å²) in [5.41, 5.74) is 4.13. The number of hydrogen-bond donors (Lipinski definition) is 1. The Balaban J connectivity index is 2.07. The quantitative estimate of drug-likeness (QED) is 0.781. The summed E-state index contributed by atoms with van der Waals surface area (Å²) in [6.07, 6.45) is 3.74. The van der Waals surface area contributed by atoms with Gasteiger partial charge < -0.3 is 5.32 Å². The summed E-state index contributed by atoms with van der Waals surface area (Å²) >= 11 is 1.67. The lowest BCUT2D eigenvalue weighted by Gasteiger charge is -2.15. The minimum atomic E-state index is 0.196. The van der Waals surface area contributed by atoms with Crippen LogP contribution in [0.1, 0.15) is 16.5 Å². The summed E-state index contributed by atoms with van der Waals surface area (Å²) in [5, 5.41) is 4.50. The molecule has 3 nitrogen and oxygen atoms in total. The number of thiazole rings is 1. The molecule has 2 heterocycles. The minimum Gasteiger partial charge on any atom is -0.309 e. The van der Waals surface area contributed by atoms with E-state index in [1.54, 1.807) is 11.3 Å². The van der Waals surface area contributed by atoms with Crippen molar-refractivity contribution < 1.29 is 0 Å². The van der Waals surface area contributed by atoms with Gasteiger partial charge in [0.2, 0.25) is 0 Å². The second-order valence-corrected chi connectivity index (χ2v) is 5.00. The molecule has 0 spiro atoms. The van der Waals surface area contributed by atoms with Gasteiger partial charge >= 0.3 is 0 Å². The average molecular weight is 255 g/mol. The van der Waals surface area contributed by atoms with Crippen molar-refractivity contribution in [1.82, 2.24) is 15.3 Å². The SMILES string of the molecule is CNC(c1ccc2ncccc2c1)c1cncs1. The molecule has 0 fully saturated rings. The third kappa shape index (κ3) is 2.00. The Kier molecular flexibility index (Phi) is 3.04. The molecule has 1 aromatic carbocycles. The molecule has 3 rings (SSSR count). The number of nitrogens with zero attached hydrogens (tertiary/aromatic N) is 2. The highest BCUT2D eigenvalue weighted by molar-refractivity contribution is 7.09. The fourth-order valence-corrected chi connectivity index (χ4v) is 2.87. The maximum atomic E-state index is 4.34. The van der Waals surface area contributed by atoms with E-state index in [4.69, 9.17) is 0 Å². The van der Waals surface area contributed by atoms with Crippen molar-refractivity contribution >= 4 is 22.2 Å². The molecular weight excluding hydrogens is 242 g/mol. The third-order valence-electron chi connectivity index (χ3n) is 2.99. The van der Waals surface area contributed by atoms with Gasteiger partial charge in [0, 0.05) is 22.7 Å². The van der Waals surface area contributed by atoms with Gasteiger partial charge in [-0.25, -0.2) is 0 Å². The van der Waals surface area contributed by atoms with Gasteiger partial charge in [-0.15, -0.1) is 11.3 Å². The Morgan fingerprint density at radius 3 is 3.00 bits per heavy atom. The number of rotatable bonds is 3. The van der Waals surface area contributed by atoms with E-state index in [0.29, 0.717) is 0 Å². The Morgan fingerprint density at radius 2 is 2.22 bits per heavy atom. The molecule has 0 amide bonds. The van der Waals surface area contributed by atoms with Crippen LogP contribution in [0, 0.1) is 0 Å². The molecule has 0 bridgehead atoms. The molecule has 0 aliphatic rings. The van der Waals surface area contributed by atoms with Crippen molar-refractivity contribution in [2.75, 3.05) is 7.05 Å². The second-order valence-electron chi connectivity index (χ2n) is 4.08. The van der Waals surface area contributed by atoms with E-state index in [1.807, 2.05) is 31.0 Å². The highest BCUT2D eigenvalue weighted by atomic mass is 32.1. The van der Waals surface area contributed by atoms with E-state index >= 15 is 0 Å². The largest absolute Gasteiger partial charge is 0.309 e. The molecule has 4 heteroatoms. The van der Waals surface area contributed by atoms with Gasteiger partial charge in [0.25, 0.3) is 0 Å². The summed E-state index contributed by atoms with van der Waals surface area (Å²) in [6.45, 7) is 0. The molecule has 0 radical (unpaired) electrons. The first kappa shape index (κ1) is 11.3. The summed E-state index contributed by atoms with van der Waals surface area (Å²) in [7, 11) is 1.97. The molecule has 1 unspecified atom stereocenters. The predicted octanol–water partition coefficient (Wildman–Crippen LogP) is 3.00. The van der Waals surface area contributed by atoms with Crippen LogP contribution in [-0.4, -0.2) is 17.0 Å². The van der Waals surface area contributed by atoms with Crippen molar-refractivity contribution in [2.45, 2.75) is 6.04 Å². The van der Waals surface area contributed by atoms with Gasteiger partial charge in [-0.1, -0.05) is 12.1 Å². The lowest BCUT2D eigenvalue weighted by Crippen LogP contribution is -2.16. The first-order valence-corrected chi connectivity index (χ1v) is 6.67. The van der Waals surface area contributed by atoms with Crippen LogP contribution in [0.4, 0.5) is 0 Å². The number of fused-ring (bicyclic) bond motifs is 1. The van der Waals surface area contributed by atoms with E-state index in [0.717, 1.165) is 5.52 Å². The van der Waals surface area contributed by atoms with Crippen molar-refractivity contribution in [3.63, 3.8) is 0 Å². The van der Waals surface area contributed by atoms with Crippen LogP contribution in [0.5, 0.6) is 0 Å². The first-order chi connectivity index (χ1) is 8.88. The van der Waals surface area contributed by atoms with Gasteiger partial charge in [0.05, 0.1) is 17.1 Å². The number of pyridine rings is 1. The zero-order valence-electron chi connectivity index (χ0n) is 10.00. The normalized spacial score (nSPS) is 12.7. The molecule has 3 aromatic rings. The molecular formula is C14H13N3S. The van der Waals surface area contributed by atoms with Crippen molar-refractivity contribution in [3.05, 3.63) is 58.7 Å². The lowest BCUT2D eigenvalue weighted by molar-refractivity contribution is 0.703. The van der Waals surface area contributed by atoms with Gasteiger partial charge in [0.15, 0.2) is 0 Å². The highest BCUT2D eigenvalue weighted by Crippen LogP contribution is 2.26. The van der Waals surface area contributed by atoms with Crippen LogP contribution in [-0.2, 0) is 0 Å². The number of hydrogen-bond acceptors (Lipinski definition) is 4. The minimum absolute atomic E-state index is 0.196. The molecule has 0 aliphatic carbocycles. The zero-order valence-corrected chi connectivity index (χ0v) is 10.8. The Labute approximate surface area is 110 Å². The standard InChI is InChI=1S/C14H13N3S/c1-15-14(13-8-16-9-18-13)11-4-5-12-10(7-11)3-2-6-17-12/h2-9,14-15H,1H3. The zero-order chi connectivity index (χ0) is 12.4. The second kappa shape index (κ2) is 4.84.